The van der Waals surface area contributed by atoms with E-state index < -0.39 is 4.92 Å². The largest absolute Gasteiger partial charge is 0.318 e. The topological polar surface area (TPSA) is 92.6 Å². The summed E-state index contributed by atoms with van der Waals surface area (Å²) in [5, 5.41) is 24.7. The molecule has 0 aliphatic carbocycles. The standard InChI is InChI=1S/C6H3N5O2/c12-11(13)5-3-8-10-6(5)4-1-2-7-9-4/h1-3H. The first-order valence-electron chi connectivity index (χ1n) is 3.36. The molecule has 0 aromatic heterocycles. The monoisotopic (exact) mass is 177 g/mol. The molecule has 0 fully saturated rings. The number of hydrogen-bond acceptors (Lipinski definition) is 6. The molecule has 7 nitrogen and oxygen atoms in total. The molecule has 7 heteroatoms. The van der Waals surface area contributed by atoms with Crippen molar-refractivity contribution in [3.8, 4) is 0 Å². The summed E-state index contributed by atoms with van der Waals surface area (Å²) in [6, 6.07) is 0. The number of nitro groups is 1. The van der Waals surface area contributed by atoms with E-state index in [0.29, 0.717) is 5.70 Å². The molecule has 2 aliphatic rings. The van der Waals surface area contributed by atoms with Crippen molar-refractivity contribution in [2.75, 3.05) is 0 Å². The number of rotatable bonds is 1. The van der Waals surface area contributed by atoms with E-state index in [1.54, 1.807) is 0 Å². The van der Waals surface area contributed by atoms with Gasteiger partial charge >= 0.3 is 5.70 Å². The molecule has 0 N–H and O–H groups in total. The van der Waals surface area contributed by atoms with Crippen LogP contribution in [0.4, 0.5) is 0 Å². The van der Waals surface area contributed by atoms with Crippen LogP contribution >= 0.6 is 0 Å². The first kappa shape index (κ1) is 7.47. The van der Waals surface area contributed by atoms with Crippen molar-refractivity contribution in [3.05, 3.63) is 45.7 Å². The van der Waals surface area contributed by atoms with Gasteiger partial charge in [0.1, 0.15) is 11.9 Å². The van der Waals surface area contributed by atoms with Crippen LogP contribution in [-0.4, -0.2) is 4.92 Å². The molecule has 0 atom stereocenters. The molecule has 64 valence electrons. The number of nitrogens with zero attached hydrogens (tertiary/aromatic N) is 5. The minimum Gasteiger partial charge on any atom is -0.258 e. The van der Waals surface area contributed by atoms with E-state index in [1.807, 2.05) is 0 Å². The summed E-state index contributed by atoms with van der Waals surface area (Å²) in [7, 11) is 0. The SMILES string of the molecule is O=[N+]([O-])C1=CN=NC1=C1C=CN=N1. The Morgan fingerprint density at radius 3 is 2.77 bits per heavy atom. The van der Waals surface area contributed by atoms with E-state index in [-0.39, 0.29) is 11.4 Å². The molecule has 0 saturated heterocycles. The third-order valence-corrected chi connectivity index (χ3v) is 1.48. The number of allylic oxidation sites excluding steroid dienone is 1. The van der Waals surface area contributed by atoms with E-state index in [9.17, 15) is 10.1 Å². The lowest BCUT2D eigenvalue weighted by atomic mass is 10.3. The van der Waals surface area contributed by atoms with Crippen LogP contribution in [0.1, 0.15) is 0 Å². The normalized spacial score (nSPS) is 24.2. The van der Waals surface area contributed by atoms with Crippen LogP contribution in [0.15, 0.2) is 56.0 Å². The maximum atomic E-state index is 10.5. The van der Waals surface area contributed by atoms with Gasteiger partial charge in [-0.25, -0.2) is 0 Å². The summed E-state index contributed by atoms with van der Waals surface area (Å²) in [6.45, 7) is 0. The molecule has 0 saturated carbocycles. The predicted molar refractivity (Wildman–Crippen MR) is 41.0 cm³/mol. The van der Waals surface area contributed by atoms with Crippen LogP contribution in [0, 0.1) is 10.1 Å². The fourth-order valence-corrected chi connectivity index (χ4v) is 0.929. The highest BCUT2D eigenvalue weighted by atomic mass is 16.6. The average Bonchev–Trinajstić information content (AvgIpc) is 2.74. The van der Waals surface area contributed by atoms with Crippen molar-refractivity contribution >= 4 is 0 Å². The van der Waals surface area contributed by atoms with Crippen LogP contribution in [0.5, 0.6) is 0 Å². The van der Waals surface area contributed by atoms with E-state index in [1.165, 1.54) is 12.3 Å². The van der Waals surface area contributed by atoms with Gasteiger partial charge in [-0.3, -0.25) is 10.1 Å². The summed E-state index contributed by atoms with van der Waals surface area (Å²) in [5.74, 6) is 0. The fraction of sp³-hybridized carbons (Fsp3) is 0. The molecule has 0 amide bonds. The summed E-state index contributed by atoms with van der Waals surface area (Å²) in [5.41, 5.74) is 0.368. The molecule has 2 heterocycles. The summed E-state index contributed by atoms with van der Waals surface area (Å²) < 4.78 is 0. The van der Waals surface area contributed by atoms with E-state index >= 15 is 0 Å². The molecule has 0 unspecified atom stereocenters. The van der Waals surface area contributed by atoms with E-state index in [4.69, 9.17) is 0 Å². The van der Waals surface area contributed by atoms with Crippen molar-refractivity contribution < 1.29 is 4.92 Å². The van der Waals surface area contributed by atoms with E-state index in [2.05, 4.69) is 20.5 Å². The molecular formula is C6H3N5O2. The highest BCUT2D eigenvalue weighted by Crippen LogP contribution is 2.26. The third kappa shape index (κ3) is 1.15. The lowest BCUT2D eigenvalue weighted by Crippen LogP contribution is -1.99. The molecule has 2 aliphatic heterocycles. The molecule has 0 aromatic rings. The highest BCUT2D eigenvalue weighted by molar-refractivity contribution is 5.37. The minimum atomic E-state index is -0.552. The van der Waals surface area contributed by atoms with Gasteiger partial charge in [0, 0.05) is 0 Å². The average molecular weight is 177 g/mol. The van der Waals surface area contributed by atoms with E-state index in [0.717, 1.165) is 6.20 Å². The van der Waals surface area contributed by atoms with Gasteiger partial charge in [-0.1, -0.05) is 0 Å². The zero-order chi connectivity index (χ0) is 9.26. The Hall–Kier alpha value is -2.18. The maximum Gasteiger partial charge on any atom is 0.318 e. The summed E-state index contributed by atoms with van der Waals surface area (Å²) >= 11 is 0. The van der Waals surface area contributed by atoms with Gasteiger partial charge in [0.15, 0.2) is 5.70 Å². The molecular weight excluding hydrogens is 174 g/mol. The minimum absolute atomic E-state index is 0.152. The van der Waals surface area contributed by atoms with Crippen LogP contribution in [0.3, 0.4) is 0 Å². The first-order valence-corrected chi connectivity index (χ1v) is 3.36. The van der Waals surface area contributed by atoms with Gasteiger partial charge in [-0.15, -0.1) is 10.2 Å². The lowest BCUT2D eigenvalue weighted by molar-refractivity contribution is -0.420. The zero-order valence-electron chi connectivity index (χ0n) is 6.28. The second-order valence-corrected chi connectivity index (χ2v) is 2.25. The van der Waals surface area contributed by atoms with Gasteiger partial charge in [0.25, 0.3) is 0 Å². The quantitative estimate of drug-likeness (QED) is 0.450. The maximum absolute atomic E-state index is 10.5. The van der Waals surface area contributed by atoms with Crippen LogP contribution < -0.4 is 0 Å². The Balaban J connectivity index is 2.46. The van der Waals surface area contributed by atoms with Crippen molar-refractivity contribution in [3.63, 3.8) is 0 Å². The Kier molecular flexibility index (Phi) is 1.55. The predicted octanol–water partition coefficient (Wildman–Crippen LogP) is 1.76. The van der Waals surface area contributed by atoms with Gasteiger partial charge in [-0.05, 0) is 6.08 Å². The van der Waals surface area contributed by atoms with Crippen LogP contribution in [-0.2, 0) is 0 Å². The Morgan fingerprint density at radius 2 is 2.15 bits per heavy atom. The lowest BCUT2D eigenvalue weighted by Gasteiger charge is -1.92. The molecule has 0 spiro atoms. The smallest absolute Gasteiger partial charge is 0.258 e. The van der Waals surface area contributed by atoms with Gasteiger partial charge in [0.2, 0.25) is 0 Å². The number of azo groups is 2. The molecule has 0 aromatic carbocycles. The zero-order valence-corrected chi connectivity index (χ0v) is 6.28. The molecule has 0 radical (unpaired) electrons. The van der Waals surface area contributed by atoms with Crippen LogP contribution in [0.25, 0.3) is 0 Å². The number of hydrogen-bond donors (Lipinski definition) is 0. The first-order chi connectivity index (χ1) is 6.29. The van der Waals surface area contributed by atoms with Gasteiger partial charge in [0.05, 0.1) is 11.1 Å². The third-order valence-electron chi connectivity index (χ3n) is 1.48. The summed E-state index contributed by atoms with van der Waals surface area (Å²) in [6.07, 6.45) is 4.06. The second-order valence-electron chi connectivity index (χ2n) is 2.25. The van der Waals surface area contributed by atoms with Gasteiger partial charge < -0.3 is 0 Å². The fourth-order valence-electron chi connectivity index (χ4n) is 0.929. The Labute approximate surface area is 72.0 Å². The summed E-state index contributed by atoms with van der Waals surface area (Å²) in [4.78, 5) is 9.90. The molecule has 2 rings (SSSR count). The van der Waals surface area contributed by atoms with Crippen molar-refractivity contribution in [2.45, 2.75) is 0 Å². The Morgan fingerprint density at radius 1 is 1.31 bits per heavy atom. The highest BCUT2D eigenvalue weighted by Gasteiger charge is 2.25. The van der Waals surface area contributed by atoms with Crippen molar-refractivity contribution in [1.82, 2.24) is 0 Å². The van der Waals surface area contributed by atoms with Gasteiger partial charge in [-0.2, -0.15) is 10.2 Å². The second kappa shape index (κ2) is 2.70. The van der Waals surface area contributed by atoms with Crippen LogP contribution in [0.2, 0.25) is 0 Å². The molecule has 13 heavy (non-hydrogen) atoms. The Bertz CT molecular complexity index is 401. The van der Waals surface area contributed by atoms with Crippen molar-refractivity contribution in [2.24, 2.45) is 20.5 Å². The molecule has 0 bridgehead atoms. The van der Waals surface area contributed by atoms with Crippen molar-refractivity contribution in [1.29, 1.82) is 0 Å².